The molecular weight excluding hydrogens is 552 g/mol. The van der Waals surface area contributed by atoms with E-state index in [0.29, 0.717) is 28.8 Å². The Morgan fingerprint density at radius 1 is 1.00 bits per heavy atom. The third-order valence-corrected chi connectivity index (χ3v) is 7.47. The number of pyridine rings is 2. The number of nitrogens with one attached hydrogen (secondary N) is 2. The number of aromatic nitrogens is 7. The van der Waals surface area contributed by atoms with Gasteiger partial charge in [-0.2, -0.15) is 23.3 Å². The number of halogens is 4. The molecule has 5 aromatic rings. The molecule has 4 heterocycles. The smallest absolute Gasteiger partial charge is 0.368 e. The van der Waals surface area contributed by atoms with Crippen LogP contribution in [-0.2, 0) is 6.42 Å². The van der Waals surface area contributed by atoms with Gasteiger partial charge in [-0.05, 0) is 67.5 Å². The highest BCUT2D eigenvalue weighted by atomic mass is 19.4. The summed E-state index contributed by atoms with van der Waals surface area (Å²) in [4.78, 5) is 21.3. The molecule has 0 saturated heterocycles. The summed E-state index contributed by atoms with van der Waals surface area (Å²) in [7, 11) is 0. The first-order valence-corrected chi connectivity index (χ1v) is 13.4. The molecule has 214 valence electrons. The van der Waals surface area contributed by atoms with Crippen LogP contribution in [0.3, 0.4) is 0 Å². The van der Waals surface area contributed by atoms with Crippen molar-refractivity contribution in [2.45, 2.75) is 49.9 Å². The van der Waals surface area contributed by atoms with Gasteiger partial charge in [0.15, 0.2) is 17.5 Å². The molecule has 0 unspecified atom stereocenters. The van der Waals surface area contributed by atoms with E-state index < -0.39 is 17.5 Å². The van der Waals surface area contributed by atoms with Gasteiger partial charge in [0.2, 0.25) is 5.95 Å². The minimum absolute atomic E-state index is 0.100. The van der Waals surface area contributed by atoms with Crippen LogP contribution in [0.5, 0.6) is 0 Å². The van der Waals surface area contributed by atoms with E-state index in [1.807, 2.05) is 24.3 Å². The van der Waals surface area contributed by atoms with Crippen LogP contribution in [0.4, 0.5) is 35.1 Å². The molecule has 14 heteroatoms. The van der Waals surface area contributed by atoms with E-state index in [1.54, 1.807) is 17.1 Å². The van der Waals surface area contributed by atoms with Crippen LogP contribution in [0.2, 0.25) is 0 Å². The first kappa shape index (κ1) is 26.0. The number of hydrogen-bond acceptors (Lipinski definition) is 9. The van der Waals surface area contributed by atoms with Gasteiger partial charge in [-0.25, -0.2) is 29.0 Å². The molecule has 2 fully saturated rings. The normalized spacial score (nSPS) is 16.0. The molecule has 0 bridgehead atoms. The molecule has 0 radical (unpaired) electrons. The standard InChI is InChI=1S/C28H24F4N10/c29-20-10-17(12-35-24(20)37-18-3-4-18)21-11-16(9-15-1-5-19(6-2-15)42-14-34-13-36-42)22-23(38-21)25(40-26(33)39-22)41-27(7-8-27)28(30,31)32/h1-2,5-6,10-14,18H,3-4,7-9H2,(H,35,37)(H3,33,39,40,41). The maximum atomic E-state index is 15.0. The second-order valence-electron chi connectivity index (χ2n) is 10.7. The van der Waals surface area contributed by atoms with Crippen LogP contribution >= 0.6 is 0 Å². The number of nitrogen functional groups attached to an aromatic ring is 1. The van der Waals surface area contributed by atoms with Gasteiger partial charge >= 0.3 is 6.18 Å². The minimum atomic E-state index is -4.50. The van der Waals surface area contributed by atoms with E-state index in [1.165, 1.54) is 18.6 Å². The summed E-state index contributed by atoms with van der Waals surface area (Å²) in [5.41, 5.74) is 7.26. The average Bonchev–Trinajstić information content (AvgIpc) is 3.88. The topological polar surface area (TPSA) is 132 Å². The summed E-state index contributed by atoms with van der Waals surface area (Å²) in [6.07, 6.45) is 2.05. The first-order chi connectivity index (χ1) is 20.2. The Bertz CT molecular complexity index is 1780. The van der Waals surface area contributed by atoms with Crippen LogP contribution < -0.4 is 16.4 Å². The molecule has 7 rings (SSSR count). The van der Waals surface area contributed by atoms with E-state index >= 15 is 0 Å². The first-order valence-electron chi connectivity index (χ1n) is 13.4. The highest BCUT2D eigenvalue weighted by Gasteiger charge is 2.64. The SMILES string of the molecule is Nc1nc(NC2(C(F)(F)F)CC2)c2nc(-c3cnc(NC4CC4)c(F)c3)cc(Cc3ccc(-n4cncn4)cc3)c2n1. The van der Waals surface area contributed by atoms with Gasteiger partial charge in [0.05, 0.1) is 11.4 Å². The average molecular weight is 577 g/mol. The molecule has 0 aliphatic heterocycles. The van der Waals surface area contributed by atoms with E-state index in [9.17, 15) is 17.6 Å². The molecule has 2 saturated carbocycles. The largest absolute Gasteiger partial charge is 0.411 e. The quantitative estimate of drug-likeness (QED) is 0.217. The highest BCUT2D eigenvalue weighted by molar-refractivity contribution is 5.91. The van der Waals surface area contributed by atoms with Crippen molar-refractivity contribution in [1.82, 2.24) is 34.7 Å². The molecule has 42 heavy (non-hydrogen) atoms. The molecule has 2 aliphatic carbocycles. The molecular formula is C28H24F4N10. The zero-order valence-corrected chi connectivity index (χ0v) is 22.0. The lowest BCUT2D eigenvalue weighted by Crippen LogP contribution is -2.39. The molecule has 0 atom stereocenters. The van der Waals surface area contributed by atoms with Gasteiger partial charge in [0.25, 0.3) is 0 Å². The number of rotatable bonds is 8. The van der Waals surface area contributed by atoms with E-state index in [4.69, 9.17) is 5.73 Å². The number of hydrogen-bond donors (Lipinski definition) is 3. The highest BCUT2D eigenvalue weighted by Crippen LogP contribution is 2.51. The Kier molecular flexibility index (Phi) is 5.95. The third-order valence-electron chi connectivity index (χ3n) is 7.47. The fourth-order valence-electron chi connectivity index (χ4n) is 4.82. The number of alkyl halides is 3. The van der Waals surface area contributed by atoms with E-state index in [0.717, 1.165) is 24.1 Å². The Hall–Kier alpha value is -4.88. The van der Waals surface area contributed by atoms with Crippen LogP contribution in [0.15, 0.2) is 55.2 Å². The van der Waals surface area contributed by atoms with Gasteiger partial charge < -0.3 is 16.4 Å². The fourth-order valence-corrected chi connectivity index (χ4v) is 4.82. The van der Waals surface area contributed by atoms with Crippen molar-refractivity contribution in [1.29, 1.82) is 0 Å². The Labute approximate surface area is 236 Å². The van der Waals surface area contributed by atoms with Crippen LogP contribution in [0.1, 0.15) is 36.8 Å². The number of fused-ring (bicyclic) bond motifs is 1. The lowest BCUT2D eigenvalue weighted by molar-refractivity contribution is -0.151. The summed E-state index contributed by atoms with van der Waals surface area (Å²) < 4.78 is 58.3. The monoisotopic (exact) mass is 576 g/mol. The molecule has 10 nitrogen and oxygen atoms in total. The van der Waals surface area contributed by atoms with E-state index in [2.05, 4.69) is 40.7 Å². The second-order valence-corrected chi connectivity index (χ2v) is 10.7. The molecule has 1 aromatic carbocycles. The summed E-state index contributed by atoms with van der Waals surface area (Å²) in [6, 6.07) is 10.8. The third kappa shape index (κ3) is 4.92. The predicted molar refractivity (Wildman–Crippen MR) is 147 cm³/mol. The second kappa shape index (κ2) is 9.60. The maximum Gasteiger partial charge on any atom is 0.411 e. The van der Waals surface area contributed by atoms with Crippen molar-refractivity contribution in [3.8, 4) is 16.9 Å². The Balaban J connectivity index is 1.33. The summed E-state index contributed by atoms with van der Waals surface area (Å²) in [5.74, 6) is -0.720. The maximum absolute atomic E-state index is 15.0. The number of anilines is 3. The molecule has 4 N–H and O–H groups in total. The summed E-state index contributed by atoms with van der Waals surface area (Å²) in [5, 5.41) is 9.74. The molecule has 0 amide bonds. The molecule has 2 aliphatic rings. The summed E-state index contributed by atoms with van der Waals surface area (Å²) in [6.45, 7) is 0. The van der Waals surface area contributed by atoms with Gasteiger partial charge in [-0.3, -0.25) is 0 Å². The van der Waals surface area contributed by atoms with Crippen molar-refractivity contribution >= 4 is 28.6 Å². The van der Waals surface area contributed by atoms with Crippen molar-refractivity contribution in [2.75, 3.05) is 16.4 Å². The zero-order valence-electron chi connectivity index (χ0n) is 22.0. The van der Waals surface area contributed by atoms with Crippen LogP contribution in [-0.4, -0.2) is 52.5 Å². The van der Waals surface area contributed by atoms with Crippen LogP contribution in [0.25, 0.3) is 28.0 Å². The fraction of sp³-hybridized carbons (Fsp3) is 0.286. The number of nitrogens with two attached hydrogens (primary N) is 1. The predicted octanol–water partition coefficient (Wildman–Crippen LogP) is 5.06. The summed E-state index contributed by atoms with van der Waals surface area (Å²) >= 11 is 0. The van der Waals surface area contributed by atoms with E-state index in [-0.39, 0.29) is 42.0 Å². The lowest BCUT2D eigenvalue weighted by atomic mass is 10.0. The van der Waals surface area contributed by atoms with Gasteiger partial charge in [0.1, 0.15) is 29.2 Å². The van der Waals surface area contributed by atoms with Gasteiger partial charge in [-0.1, -0.05) is 12.1 Å². The number of nitrogens with zero attached hydrogens (tertiary/aromatic N) is 7. The number of benzene rings is 1. The van der Waals surface area contributed by atoms with Crippen molar-refractivity contribution in [2.24, 2.45) is 0 Å². The van der Waals surface area contributed by atoms with Crippen molar-refractivity contribution in [3.63, 3.8) is 0 Å². The lowest BCUT2D eigenvalue weighted by Gasteiger charge is -2.22. The zero-order chi connectivity index (χ0) is 29.1. The Morgan fingerprint density at radius 3 is 2.43 bits per heavy atom. The van der Waals surface area contributed by atoms with Crippen molar-refractivity contribution in [3.05, 3.63) is 72.2 Å². The van der Waals surface area contributed by atoms with Crippen molar-refractivity contribution < 1.29 is 17.6 Å². The Morgan fingerprint density at radius 2 is 1.79 bits per heavy atom. The van der Waals surface area contributed by atoms with Gasteiger partial charge in [-0.15, -0.1) is 0 Å². The molecule has 0 spiro atoms. The van der Waals surface area contributed by atoms with Crippen LogP contribution in [0, 0.1) is 5.82 Å². The molecule has 4 aromatic heterocycles. The minimum Gasteiger partial charge on any atom is -0.368 e. The van der Waals surface area contributed by atoms with Gasteiger partial charge in [0, 0.05) is 17.8 Å².